The number of pyridine rings is 1. The van der Waals surface area contributed by atoms with Crippen LogP contribution >= 0.6 is 0 Å². The molecule has 1 saturated heterocycles. The zero-order valence-electron chi connectivity index (χ0n) is 14.5. The summed E-state index contributed by atoms with van der Waals surface area (Å²) in [6.45, 7) is 2.28. The third-order valence-corrected chi connectivity index (χ3v) is 4.47. The molecule has 1 N–H and O–H groups in total. The number of aryl methyl sites for hydroxylation is 1. The molecule has 2 aromatic heterocycles. The van der Waals surface area contributed by atoms with Crippen molar-refractivity contribution in [3.8, 4) is 0 Å². The zero-order valence-corrected chi connectivity index (χ0v) is 14.5. The second kappa shape index (κ2) is 7.42. The van der Waals surface area contributed by atoms with Gasteiger partial charge in [0.05, 0.1) is 17.5 Å². The second-order valence-corrected chi connectivity index (χ2v) is 6.34. The van der Waals surface area contributed by atoms with E-state index in [1.807, 2.05) is 0 Å². The van der Waals surface area contributed by atoms with Crippen LogP contribution in [0.3, 0.4) is 0 Å². The van der Waals surface area contributed by atoms with Gasteiger partial charge in [-0.1, -0.05) is 0 Å². The largest absolute Gasteiger partial charge is 0.459 e. The summed E-state index contributed by atoms with van der Waals surface area (Å²) in [5, 5.41) is 2.81. The van der Waals surface area contributed by atoms with Gasteiger partial charge < -0.3 is 14.6 Å². The number of rotatable bonds is 3. The Kier molecular flexibility index (Phi) is 5.20. The van der Waals surface area contributed by atoms with Crippen LogP contribution < -0.4 is 5.32 Å². The Hall–Kier alpha value is -2.84. The first-order chi connectivity index (χ1) is 12.8. The van der Waals surface area contributed by atoms with Crippen LogP contribution in [0.25, 0.3) is 0 Å². The summed E-state index contributed by atoms with van der Waals surface area (Å²) in [5.41, 5.74) is -0.897. The van der Waals surface area contributed by atoms with Crippen LogP contribution in [0.2, 0.25) is 0 Å². The predicted molar refractivity (Wildman–Crippen MR) is 89.1 cm³/mol. The van der Waals surface area contributed by atoms with Gasteiger partial charge in [-0.25, -0.2) is 4.98 Å². The average molecular weight is 381 g/mol. The number of piperidine rings is 1. The summed E-state index contributed by atoms with van der Waals surface area (Å²) in [6.07, 6.45) is -2.02. The molecule has 2 amide bonds. The number of carbonyl (C=O) groups excluding carboxylic acids is 2. The molecule has 1 aliphatic heterocycles. The molecule has 3 heterocycles. The van der Waals surface area contributed by atoms with Crippen molar-refractivity contribution in [2.24, 2.45) is 0 Å². The molecule has 0 unspecified atom stereocenters. The normalized spacial score (nSPS) is 15.6. The molecule has 9 heteroatoms. The van der Waals surface area contributed by atoms with Gasteiger partial charge in [0.25, 0.3) is 11.8 Å². The highest BCUT2D eigenvalue weighted by Crippen LogP contribution is 2.28. The summed E-state index contributed by atoms with van der Waals surface area (Å²) in [5.74, 6) is -0.402. The molecule has 1 fully saturated rings. The summed E-state index contributed by atoms with van der Waals surface area (Å²) >= 11 is 0. The molecule has 3 rings (SSSR count). The monoisotopic (exact) mass is 381 g/mol. The number of alkyl halides is 3. The van der Waals surface area contributed by atoms with Crippen LogP contribution in [-0.2, 0) is 6.18 Å². The summed E-state index contributed by atoms with van der Waals surface area (Å²) in [7, 11) is 0. The lowest BCUT2D eigenvalue weighted by Crippen LogP contribution is -2.46. The zero-order chi connectivity index (χ0) is 19.6. The fraction of sp³-hybridized carbons (Fsp3) is 0.389. The Labute approximate surface area is 153 Å². The Morgan fingerprint density at radius 1 is 1.22 bits per heavy atom. The number of amides is 2. The Morgan fingerprint density at radius 3 is 2.48 bits per heavy atom. The van der Waals surface area contributed by atoms with E-state index >= 15 is 0 Å². The molecule has 144 valence electrons. The number of furan rings is 1. The first-order valence-electron chi connectivity index (χ1n) is 8.44. The number of hydrogen-bond acceptors (Lipinski definition) is 4. The molecule has 27 heavy (non-hydrogen) atoms. The molecule has 1 aliphatic rings. The summed E-state index contributed by atoms with van der Waals surface area (Å²) in [6, 6.07) is 5.00. The van der Waals surface area contributed by atoms with Crippen molar-refractivity contribution in [2.75, 3.05) is 13.1 Å². The number of carbonyl (C=O) groups is 2. The van der Waals surface area contributed by atoms with E-state index in [0.717, 1.165) is 12.1 Å². The van der Waals surface area contributed by atoms with Crippen molar-refractivity contribution < 1.29 is 27.2 Å². The number of hydrogen-bond donors (Lipinski definition) is 1. The van der Waals surface area contributed by atoms with Crippen molar-refractivity contribution in [2.45, 2.75) is 32.0 Å². The number of likely N-dealkylation sites (tertiary alicyclic amines) is 1. The first-order valence-corrected chi connectivity index (χ1v) is 8.44. The van der Waals surface area contributed by atoms with Crippen molar-refractivity contribution >= 4 is 11.8 Å². The van der Waals surface area contributed by atoms with E-state index in [-0.39, 0.29) is 29.0 Å². The molecule has 0 spiro atoms. The third kappa shape index (κ3) is 4.29. The lowest BCUT2D eigenvalue weighted by Gasteiger charge is -2.32. The quantitative estimate of drug-likeness (QED) is 0.887. The highest BCUT2D eigenvalue weighted by atomic mass is 19.4. The smallest absolute Gasteiger partial charge is 0.433 e. The van der Waals surface area contributed by atoms with Gasteiger partial charge in [-0.2, -0.15) is 13.2 Å². The van der Waals surface area contributed by atoms with Crippen molar-refractivity contribution in [1.82, 2.24) is 15.2 Å². The minimum atomic E-state index is -4.55. The highest BCUT2D eigenvalue weighted by Gasteiger charge is 2.33. The molecule has 0 atom stereocenters. The topological polar surface area (TPSA) is 75.4 Å². The first kappa shape index (κ1) is 18.9. The Morgan fingerprint density at radius 2 is 1.93 bits per heavy atom. The van der Waals surface area contributed by atoms with Crippen LogP contribution in [0.4, 0.5) is 13.2 Å². The number of aromatic nitrogens is 1. The summed E-state index contributed by atoms with van der Waals surface area (Å²) in [4.78, 5) is 29.7. The van der Waals surface area contributed by atoms with Gasteiger partial charge in [0, 0.05) is 19.1 Å². The van der Waals surface area contributed by atoms with Crippen LogP contribution in [-0.4, -0.2) is 40.8 Å². The van der Waals surface area contributed by atoms with Gasteiger partial charge in [-0.3, -0.25) is 9.59 Å². The fourth-order valence-electron chi connectivity index (χ4n) is 3.01. The predicted octanol–water partition coefficient (Wildman–Crippen LogP) is 3.04. The maximum Gasteiger partial charge on any atom is 0.433 e. The molecular formula is C18H18F3N3O3. The standard InChI is InChI=1S/C18H18F3N3O3/c1-11-13(4-5-15(22-11)18(19,20)21)16(25)23-12-6-8-24(9-7-12)17(26)14-3-2-10-27-14/h2-5,10,12H,6-9H2,1H3,(H,23,25). The van der Waals surface area contributed by atoms with E-state index in [1.54, 1.807) is 17.0 Å². The van der Waals surface area contributed by atoms with Crippen LogP contribution in [0.1, 0.15) is 45.1 Å². The fourth-order valence-corrected chi connectivity index (χ4v) is 3.01. The number of nitrogens with one attached hydrogen (secondary N) is 1. The van der Waals surface area contributed by atoms with E-state index in [0.29, 0.717) is 25.9 Å². The minimum Gasteiger partial charge on any atom is -0.459 e. The van der Waals surface area contributed by atoms with Crippen LogP contribution in [0, 0.1) is 6.92 Å². The number of nitrogens with zero attached hydrogens (tertiary/aromatic N) is 2. The maximum absolute atomic E-state index is 12.7. The lowest BCUT2D eigenvalue weighted by molar-refractivity contribution is -0.141. The van der Waals surface area contributed by atoms with E-state index < -0.39 is 17.8 Å². The molecule has 0 bridgehead atoms. The second-order valence-electron chi connectivity index (χ2n) is 6.34. The number of halogens is 3. The highest BCUT2D eigenvalue weighted by molar-refractivity contribution is 5.95. The molecular weight excluding hydrogens is 363 g/mol. The molecule has 0 saturated carbocycles. The molecule has 2 aromatic rings. The van der Waals surface area contributed by atoms with E-state index in [4.69, 9.17) is 4.42 Å². The molecule has 6 nitrogen and oxygen atoms in total. The van der Waals surface area contributed by atoms with Crippen LogP contribution in [0.5, 0.6) is 0 Å². The van der Waals surface area contributed by atoms with Crippen molar-refractivity contribution in [1.29, 1.82) is 0 Å². The molecule has 0 aromatic carbocycles. The third-order valence-electron chi connectivity index (χ3n) is 4.47. The molecule has 0 aliphatic carbocycles. The van der Waals surface area contributed by atoms with Gasteiger partial charge in [-0.15, -0.1) is 0 Å². The molecule has 0 radical (unpaired) electrons. The maximum atomic E-state index is 12.7. The Balaban J connectivity index is 1.57. The average Bonchev–Trinajstić information content (AvgIpc) is 3.15. The van der Waals surface area contributed by atoms with E-state index in [2.05, 4.69) is 10.3 Å². The SMILES string of the molecule is Cc1nc(C(F)(F)F)ccc1C(=O)NC1CCN(C(=O)c2ccco2)CC1. The summed E-state index contributed by atoms with van der Waals surface area (Å²) < 4.78 is 43.1. The van der Waals surface area contributed by atoms with E-state index in [1.165, 1.54) is 13.2 Å². The Bertz CT molecular complexity index is 826. The van der Waals surface area contributed by atoms with Crippen molar-refractivity contribution in [3.63, 3.8) is 0 Å². The van der Waals surface area contributed by atoms with Gasteiger partial charge >= 0.3 is 6.18 Å². The van der Waals surface area contributed by atoms with Gasteiger partial charge in [0.2, 0.25) is 0 Å². The van der Waals surface area contributed by atoms with Crippen molar-refractivity contribution in [3.05, 3.63) is 53.2 Å². The van der Waals surface area contributed by atoms with Gasteiger partial charge in [-0.05, 0) is 44.0 Å². The lowest BCUT2D eigenvalue weighted by atomic mass is 10.0. The van der Waals surface area contributed by atoms with Gasteiger partial charge in [0.15, 0.2) is 5.76 Å². The minimum absolute atomic E-state index is 0.0211. The van der Waals surface area contributed by atoms with Gasteiger partial charge in [0.1, 0.15) is 5.69 Å². The van der Waals surface area contributed by atoms with Crippen LogP contribution in [0.15, 0.2) is 34.9 Å². The van der Waals surface area contributed by atoms with E-state index in [9.17, 15) is 22.8 Å².